The Balaban J connectivity index is 1.15. The minimum absolute atomic E-state index is 0.0435. The summed E-state index contributed by atoms with van der Waals surface area (Å²) in [5.74, 6) is 0.178. The number of likely N-dealkylation sites (tertiary alicyclic amines) is 1. The first-order valence-corrected chi connectivity index (χ1v) is 11.1. The van der Waals surface area contributed by atoms with E-state index >= 15 is 0 Å². The van der Waals surface area contributed by atoms with Crippen molar-refractivity contribution in [1.29, 1.82) is 0 Å². The molecule has 2 aromatic rings. The number of nitrogens with zero attached hydrogens (tertiary/aromatic N) is 1. The minimum atomic E-state index is -0.362. The summed E-state index contributed by atoms with van der Waals surface area (Å²) >= 11 is 0. The van der Waals surface area contributed by atoms with E-state index in [0.29, 0.717) is 17.5 Å². The molecule has 0 unspecified atom stereocenters. The number of rotatable bonds is 6. The number of hydrogen-bond donors (Lipinski definition) is 3. The van der Waals surface area contributed by atoms with Gasteiger partial charge in [-0.2, -0.15) is 0 Å². The van der Waals surface area contributed by atoms with Gasteiger partial charge in [0.1, 0.15) is 5.75 Å². The highest BCUT2D eigenvalue weighted by Gasteiger charge is 2.35. The summed E-state index contributed by atoms with van der Waals surface area (Å²) in [5.41, 5.74) is 2.60. The number of nitrogens with one attached hydrogen (secondary N) is 2. The molecule has 0 spiro atoms. The third-order valence-corrected chi connectivity index (χ3v) is 6.49. The molecule has 2 aromatic carbocycles. The SMILES string of the molecule is Cc1cc(O)cc(C(=O)NCC(=O)NC2CN(C3CCC(c4ccccc4)CC3)C2)c1. The van der Waals surface area contributed by atoms with Gasteiger partial charge in [0.15, 0.2) is 0 Å². The van der Waals surface area contributed by atoms with Gasteiger partial charge in [0, 0.05) is 24.7 Å². The Bertz CT molecular complexity index is 897. The van der Waals surface area contributed by atoms with Crippen LogP contribution >= 0.6 is 0 Å². The zero-order chi connectivity index (χ0) is 21.8. The van der Waals surface area contributed by atoms with Gasteiger partial charge in [-0.3, -0.25) is 14.5 Å². The maximum absolute atomic E-state index is 12.2. The Morgan fingerprint density at radius 3 is 2.42 bits per heavy atom. The van der Waals surface area contributed by atoms with Crippen molar-refractivity contribution in [2.24, 2.45) is 0 Å². The molecule has 1 aliphatic carbocycles. The van der Waals surface area contributed by atoms with Crippen LogP contribution in [-0.2, 0) is 4.79 Å². The van der Waals surface area contributed by atoms with Crippen LogP contribution in [-0.4, -0.2) is 53.5 Å². The molecule has 31 heavy (non-hydrogen) atoms. The van der Waals surface area contributed by atoms with E-state index in [0.717, 1.165) is 18.7 Å². The average Bonchev–Trinajstić information content (AvgIpc) is 2.74. The second-order valence-electron chi connectivity index (χ2n) is 8.87. The van der Waals surface area contributed by atoms with Crippen LogP contribution in [0.3, 0.4) is 0 Å². The fraction of sp³-hybridized carbons (Fsp3) is 0.440. The zero-order valence-corrected chi connectivity index (χ0v) is 18.0. The van der Waals surface area contributed by atoms with Gasteiger partial charge in [-0.15, -0.1) is 0 Å². The molecule has 0 aromatic heterocycles. The predicted molar refractivity (Wildman–Crippen MR) is 120 cm³/mol. The number of amides is 2. The van der Waals surface area contributed by atoms with E-state index in [2.05, 4.69) is 45.9 Å². The van der Waals surface area contributed by atoms with Gasteiger partial charge in [0.25, 0.3) is 5.91 Å². The predicted octanol–water partition coefficient (Wildman–Crippen LogP) is 2.96. The van der Waals surface area contributed by atoms with Crippen LogP contribution < -0.4 is 10.6 Å². The normalized spacial score (nSPS) is 21.8. The number of carbonyl (C=O) groups excluding carboxylic acids is 2. The fourth-order valence-electron chi connectivity index (χ4n) is 4.84. The van der Waals surface area contributed by atoms with Gasteiger partial charge in [-0.1, -0.05) is 30.3 Å². The minimum Gasteiger partial charge on any atom is -0.508 e. The lowest BCUT2D eigenvalue weighted by molar-refractivity contribution is -0.122. The van der Waals surface area contributed by atoms with Gasteiger partial charge in [-0.25, -0.2) is 0 Å². The summed E-state index contributed by atoms with van der Waals surface area (Å²) in [5, 5.41) is 15.3. The Morgan fingerprint density at radius 1 is 1.03 bits per heavy atom. The summed E-state index contributed by atoms with van der Waals surface area (Å²) in [6.07, 6.45) is 4.87. The summed E-state index contributed by atoms with van der Waals surface area (Å²) in [6, 6.07) is 16.2. The Morgan fingerprint density at radius 2 is 1.74 bits per heavy atom. The third-order valence-electron chi connectivity index (χ3n) is 6.49. The van der Waals surface area contributed by atoms with Gasteiger partial charge in [-0.05, 0) is 67.9 Å². The lowest BCUT2D eigenvalue weighted by Gasteiger charge is -2.46. The highest BCUT2D eigenvalue weighted by atomic mass is 16.3. The molecule has 164 valence electrons. The van der Waals surface area contributed by atoms with Crippen LogP contribution in [0.1, 0.15) is 53.1 Å². The van der Waals surface area contributed by atoms with Crippen molar-refractivity contribution in [3.63, 3.8) is 0 Å². The maximum Gasteiger partial charge on any atom is 0.251 e. The third kappa shape index (κ3) is 5.44. The summed E-state index contributed by atoms with van der Waals surface area (Å²) in [4.78, 5) is 26.9. The van der Waals surface area contributed by atoms with E-state index in [1.165, 1.54) is 37.3 Å². The van der Waals surface area contributed by atoms with Crippen molar-refractivity contribution in [3.05, 3.63) is 65.2 Å². The van der Waals surface area contributed by atoms with Gasteiger partial charge in [0.05, 0.1) is 12.6 Å². The average molecular weight is 422 g/mol. The van der Waals surface area contributed by atoms with Crippen LogP contribution in [0.2, 0.25) is 0 Å². The summed E-state index contributed by atoms with van der Waals surface area (Å²) in [7, 11) is 0. The molecular weight excluding hydrogens is 390 g/mol. The molecule has 0 radical (unpaired) electrons. The molecule has 6 nitrogen and oxygen atoms in total. The molecule has 0 atom stereocenters. The van der Waals surface area contributed by atoms with E-state index in [1.54, 1.807) is 19.1 Å². The molecule has 3 N–H and O–H groups in total. The van der Waals surface area contributed by atoms with Gasteiger partial charge < -0.3 is 15.7 Å². The molecule has 1 heterocycles. The standard InChI is InChI=1S/C25H31N3O3/c1-17-11-20(13-23(29)12-17)25(31)26-14-24(30)27-21-15-28(16-21)22-9-7-19(8-10-22)18-5-3-2-4-6-18/h2-6,11-13,19,21-22,29H,7-10,14-16H2,1H3,(H,26,31)(H,27,30). The van der Waals surface area contributed by atoms with E-state index in [4.69, 9.17) is 0 Å². The number of phenols is 1. The molecule has 1 saturated carbocycles. The smallest absolute Gasteiger partial charge is 0.251 e. The van der Waals surface area contributed by atoms with Gasteiger partial charge >= 0.3 is 0 Å². The van der Waals surface area contributed by atoms with Crippen molar-refractivity contribution in [2.75, 3.05) is 19.6 Å². The quantitative estimate of drug-likeness (QED) is 0.670. The fourth-order valence-corrected chi connectivity index (χ4v) is 4.84. The zero-order valence-electron chi connectivity index (χ0n) is 18.0. The van der Waals surface area contributed by atoms with Crippen molar-refractivity contribution in [2.45, 2.75) is 50.6 Å². The molecule has 2 aliphatic rings. The molecule has 2 amide bonds. The van der Waals surface area contributed by atoms with E-state index in [1.807, 2.05) is 0 Å². The van der Waals surface area contributed by atoms with Crippen LogP contribution in [0.15, 0.2) is 48.5 Å². The van der Waals surface area contributed by atoms with Crippen LogP contribution in [0, 0.1) is 6.92 Å². The Hall–Kier alpha value is -2.86. The highest BCUT2D eigenvalue weighted by molar-refractivity contribution is 5.97. The Labute approximate surface area is 183 Å². The summed E-state index contributed by atoms with van der Waals surface area (Å²) < 4.78 is 0. The van der Waals surface area contributed by atoms with E-state index < -0.39 is 0 Å². The topological polar surface area (TPSA) is 81.7 Å². The number of phenolic OH excluding ortho intramolecular Hbond substituents is 1. The molecule has 6 heteroatoms. The number of aromatic hydroxyl groups is 1. The van der Waals surface area contributed by atoms with Crippen molar-refractivity contribution >= 4 is 11.8 Å². The first kappa shape index (κ1) is 21.4. The van der Waals surface area contributed by atoms with Crippen LogP contribution in [0.25, 0.3) is 0 Å². The number of hydrogen-bond acceptors (Lipinski definition) is 4. The summed E-state index contributed by atoms with van der Waals surface area (Å²) in [6.45, 7) is 3.50. The molecule has 1 saturated heterocycles. The van der Waals surface area contributed by atoms with E-state index in [9.17, 15) is 14.7 Å². The maximum atomic E-state index is 12.2. The van der Waals surface area contributed by atoms with Crippen molar-refractivity contribution < 1.29 is 14.7 Å². The molecule has 0 bridgehead atoms. The number of carbonyl (C=O) groups is 2. The lowest BCUT2D eigenvalue weighted by atomic mass is 9.80. The molecule has 1 aliphatic heterocycles. The molecule has 2 fully saturated rings. The van der Waals surface area contributed by atoms with Crippen molar-refractivity contribution in [1.82, 2.24) is 15.5 Å². The number of aryl methyl sites for hydroxylation is 1. The molecular formula is C25H31N3O3. The second kappa shape index (κ2) is 9.52. The lowest BCUT2D eigenvalue weighted by Crippen LogP contribution is -2.63. The first-order valence-electron chi connectivity index (χ1n) is 11.1. The van der Waals surface area contributed by atoms with Crippen LogP contribution in [0.5, 0.6) is 5.75 Å². The number of benzene rings is 2. The van der Waals surface area contributed by atoms with E-state index in [-0.39, 0.29) is 30.2 Å². The first-order chi connectivity index (χ1) is 15.0. The highest BCUT2D eigenvalue weighted by Crippen LogP contribution is 2.35. The largest absolute Gasteiger partial charge is 0.508 e. The monoisotopic (exact) mass is 421 g/mol. The van der Waals surface area contributed by atoms with Gasteiger partial charge in [0.2, 0.25) is 5.91 Å². The van der Waals surface area contributed by atoms with Crippen LogP contribution in [0.4, 0.5) is 0 Å². The Kier molecular flexibility index (Phi) is 6.56. The van der Waals surface area contributed by atoms with Crippen molar-refractivity contribution in [3.8, 4) is 5.75 Å². The molecule has 4 rings (SSSR count). The second-order valence-corrected chi connectivity index (χ2v) is 8.87.